The molecule has 0 aliphatic carbocycles. The summed E-state index contributed by atoms with van der Waals surface area (Å²) in [5.74, 6) is -0.355. The van der Waals surface area contributed by atoms with E-state index in [0.717, 1.165) is 4.48 Å². The summed E-state index contributed by atoms with van der Waals surface area (Å²) < 4.78 is 13.6. The smallest absolute Gasteiger partial charge is 0.164 e. The van der Waals surface area contributed by atoms with Gasteiger partial charge in [0, 0.05) is 17.2 Å². The summed E-state index contributed by atoms with van der Waals surface area (Å²) in [6.45, 7) is 4.12. The van der Waals surface area contributed by atoms with Gasteiger partial charge >= 0.3 is 0 Å². The van der Waals surface area contributed by atoms with Gasteiger partial charge in [-0.3, -0.25) is 4.98 Å². The highest BCUT2D eigenvalue weighted by molar-refractivity contribution is 9.11. The number of hydrogen-bond acceptors (Lipinski definition) is 2. The Bertz CT molecular complexity index is 288. The zero-order chi connectivity index (χ0) is 8.97. The molecule has 0 unspecified atom stereocenters. The molecule has 0 fully saturated rings. The summed E-state index contributed by atoms with van der Waals surface area (Å²) in [4.78, 5) is 3.62. The van der Waals surface area contributed by atoms with Crippen molar-refractivity contribution in [2.45, 2.75) is 0 Å². The first-order chi connectivity index (χ1) is 5.70. The van der Waals surface area contributed by atoms with Crippen molar-refractivity contribution in [2.24, 2.45) is 0 Å². The third kappa shape index (κ3) is 2.62. The van der Waals surface area contributed by atoms with Crippen molar-refractivity contribution in [1.82, 2.24) is 4.98 Å². The van der Waals surface area contributed by atoms with Crippen molar-refractivity contribution in [1.29, 1.82) is 0 Å². The minimum Gasteiger partial charge on any atom is -0.378 e. The highest BCUT2D eigenvalue weighted by Gasteiger charge is 1.98. The first-order valence-electron chi connectivity index (χ1n) is 3.37. The normalized spacial score (nSPS) is 9.50. The van der Waals surface area contributed by atoms with Crippen molar-refractivity contribution in [2.75, 3.05) is 11.9 Å². The van der Waals surface area contributed by atoms with Gasteiger partial charge in [-0.2, -0.15) is 0 Å². The number of pyridine rings is 1. The molecule has 0 saturated carbocycles. The van der Waals surface area contributed by atoms with Gasteiger partial charge in [0.2, 0.25) is 0 Å². The molecule has 0 atom stereocenters. The second-order valence-corrected chi connectivity index (χ2v) is 3.35. The van der Waals surface area contributed by atoms with Gasteiger partial charge in [-0.05, 0) is 6.07 Å². The van der Waals surface area contributed by atoms with Crippen LogP contribution in [-0.2, 0) is 0 Å². The molecule has 0 bridgehead atoms. The summed E-state index contributed by atoms with van der Waals surface area (Å²) in [5.41, 5.74) is 0.436. The lowest BCUT2D eigenvalue weighted by Gasteiger charge is -2.04. The fourth-order valence-electron chi connectivity index (χ4n) is 0.710. The molecule has 0 amide bonds. The van der Waals surface area contributed by atoms with Crippen LogP contribution in [0.15, 0.2) is 29.5 Å². The van der Waals surface area contributed by atoms with Crippen LogP contribution in [0.25, 0.3) is 0 Å². The van der Waals surface area contributed by atoms with Gasteiger partial charge in [0.15, 0.2) is 5.82 Å². The van der Waals surface area contributed by atoms with Crippen molar-refractivity contribution in [3.63, 3.8) is 0 Å². The van der Waals surface area contributed by atoms with E-state index < -0.39 is 0 Å². The highest BCUT2D eigenvalue weighted by Crippen LogP contribution is 2.12. The van der Waals surface area contributed by atoms with Gasteiger partial charge in [-0.1, -0.05) is 22.5 Å². The molecular formula is C8H8BrFN2. The average molecular weight is 231 g/mol. The second kappa shape index (κ2) is 4.21. The molecule has 0 spiro atoms. The fourth-order valence-corrected chi connectivity index (χ4v) is 0.850. The molecule has 0 radical (unpaired) electrons. The molecule has 0 saturated heterocycles. The highest BCUT2D eigenvalue weighted by atomic mass is 79.9. The van der Waals surface area contributed by atoms with Gasteiger partial charge < -0.3 is 5.32 Å². The van der Waals surface area contributed by atoms with E-state index in [1.54, 1.807) is 6.07 Å². The number of anilines is 1. The van der Waals surface area contributed by atoms with Crippen LogP contribution < -0.4 is 5.32 Å². The van der Waals surface area contributed by atoms with Crippen molar-refractivity contribution < 1.29 is 4.39 Å². The maximum Gasteiger partial charge on any atom is 0.164 e. The minimum absolute atomic E-state index is 0.355. The van der Waals surface area contributed by atoms with Crippen LogP contribution in [0.3, 0.4) is 0 Å². The summed E-state index contributed by atoms with van der Waals surface area (Å²) in [5, 5.41) is 2.85. The molecule has 2 nitrogen and oxygen atoms in total. The standard InChI is InChI=1S/C8H8BrFN2/c1-6(9)4-12-8-2-3-11-5-7(8)10/h2-3,5H,1,4H2,(H,11,12). The Morgan fingerprint density at radius 3 is 3.08 bits per heavy atom. The Morgan fingerprint density at radius 1 is 1.75 bits per heavy atom. The Labute approximate surface area is 78.6 Å². The Hall–Kier alpha value is -0.900. The average Bonchev–Trinajstić information content (AvgIpc) is 2.03. The number of hydrogen-bond donors (Lipinski definition) is 1. The largest absolute Gasteiger partial charge is 0.378 e. The third-order valence-corrected chi connectivity index (χ3v) is 1.52. The summed E-state index contributed by atoms with van der Waals surface area (Å²) in [6, 6.07) is 1.57. The van der Waals surface area contributed by atoms with Gasteiger partial charge in [-0.25, -0.2) is 4.39 Å². The first kappa shape index (κ1) is 9.19. The lowest BCUT2D eigenvalue weighted by molar-refractivity contribution is 0.624. The number of rotatable bonds is 3. The first-order valence-corrected chi connectivity index (χ1v) is 4.16. The lowest BCUT2D eigenvalue weighted by Crippen LogP contribution is -2.02. The van der Waals surface area contributed by atoms with Crippen molar-refractivity contribution in [3.05, 3.63) is 35.3 Å². The van der Waals surface area contributed by atoms with E-state index >= 15 is 0 Å². The number of aromatic nitrogens is 1. The molecule has 1 aromatic rings. The molecule has 1 N–H and O–H groups in total. The number of nitrogens with one attached hydrogen (secondary N) is 1. The van der Waals surface area contributed by atoms with Crippen LogP contribution in [0.2, 0.25) is 0 Å². The zero-order valence-electron chi connectivity index (χ0n) is 6.35. The molecular weight excluding hydrogens is 223 g/mol. The van der Waals surface area contributed by atoms with Gasteiger partial charge in [0.1, 0.15) is 0 Å². The topological polar surface area (TPSA) is 24.9 Å². The van der Waals surface area contributed by atoms with Crippen LogP contribution in [0.4, 0.5) is 10.1 Å². The second-order valence-electron chi connectivity index (χ2n) is 2.23. The van der Waals surface area contributed by atoms with E-state index in [0.29, 0.717) is 12.2 Å². The van der Waals surface area contributed by atoms with E-state index in [1.807, 2.05) is 0 Å². The van der Waals surface area contributed by atoms with Gasteiger partial charge in [0.25, 0.3) is 0 Å². The quantitative estimate of drug-likeness (QED) is 0.864. The molecule has 64 valence electrons. The Morgan fingerprint density at radius 2 is 2.50 bits per heavy atom. The predicted octanol–water partition coefficient (Wildman–Crippen LogP) is 2.54. The van der Waals surface area contributed by atoms with E-state index in [9.17, 15) is 4.39 Å². The van der Waals surface area contributed by atoms with Crippen LogP contribution in [0.5, 0.6) is 0 Å². The summed E-state index contributed by atoms with van der Waals surface area (Å²) in [6.07, 6.45) is 2.70. The third-order valence-electron chi connectivity index (χ3n) is 1.24. The molecule has 0 aliphatic rings. The molecule has 0 aliphatic heterocycles. The predicted molar refractivity (Wildman–Crippen MR) is 50.8 cm³/mol. The Balaban J connectivity index is 2.63. The molecule has 1 rings (SSSR count). The molecule has 1 heterocycles. The van der Waals surface area contributed by atoms with Crippen LogP contribution in [0, 0.1) is 5.82 Å². The van der Waals surface area contributed by atoms with Gasteiger partial charge in [0.05, 0.1) is 11.9 Å². The number of nitrogens with zero attached hydrogens (tertiary/aromatic N) is 1. The maximum absolute atomic E-state index is 12.9. The van der Waals surface area contributed by atoms with E-state index in [1.165, 1.54) is 12.4 Å². The molecule has 12 heavy (non-hydrogen) atoms. The van der Waals surface area contributed by atoms with E-state index in [4.69, 9.17) is 0 Å². The zero-order valence-corrected chi connectivity index (χ0v) is 7.94. The molecule has 4 heteroatoms. The maximum atomic E-state index is 12.9. The van der Waals surface area contributed by atoms with E-state index in [-0.39, 0.29) is 5.82 Å². The fraction of sp³-hybridized carbons (Fsp3) is 0.125. The Kier molecular flexibility index (Phi) is 3.22. The molecule has 0 aromatic carbocycles. The van der Waals surface area contributed by atoms with Crippen molar-refractivity contribution in [3.8, 4) is 0 Å². The van der Waals surface area contributed by atoms with Gasteiger partial charge in [-0.15, -0.1) is 0 Å². The van der Waals surface area contributed by atoms with Crippen LogP contribution in [0.1, 0.15) is 0 Å². The summed E-state index contributed by atoms with van der Waals surface area (Å²) in [7, 11) is 0. The van der Waals surface area contributed by atoms with Crippen LogP contribution in [-0.4, -0.2) is 11.5 Å². The van der Waals surface area contributed by atoms with Crippen molar-refractivity contribution >= 4 is 21.6 Å². The van der Waals surface area contributed by atoms with E-state index in [2.05, 4.69) is 32.8 Å². The number of halogens is 2. The lowest BCUT2D eigenvalue weighted by atomic mass is 10.4. The van der Waals surface area contributed by atoms with Crippen LogP contribution >= 0.6 is 15.9 Å². The SMILES string of the molecule is C=C(Br)CNc1ccncc1F. The minimum atomic E-state index is -0.355. The molecule has 1 aromatic heterocycles. The summed E-state index contributed by atoms with van der Waals surface area (Å²) >= 11 is 3.16. The monoisotopic (exact) mass is 230 g/mol.